The zero-order valence-electron chi connectivity index (χ0n) is 7.97. The molecule has 0 spiro atoms. The number of rotatable bonds is 1. The molecule has 0 fully saturated rings. The van der Waals surface area contributed by atoms with Crippen LogP contribution in [-0.4, -0.2) is 24.9 Å². The molecule has 0 aliphatic heterocycles. The van der Waals surface area contributed by atoms with E-state index in [2.05, 4.69) is 0 Å². The van der Waals surface area contributed by atoms with Gasteiger partial charge in [0, 0.05) is 19.7 Å². The van der Waals surface area contributed by atoms with Crippen molar-refractivity contribution in [2.24, 2.45) is 0 Å². The smallest absolute Gasteiger partial charge is 0.253 e. The Bertz CT molecular complexity index is 334. The van der Waals surface area contributed by atoms with Crippen LogP contribution in [0.25, 0.3) is 0 Å². The van der Waals surface area contributed by atoms with Gasteiger partial charge in [0.15, 0.2) is 0 Å². The minimum atomic E-state index is -0.282. The van der Waals surface area contributed by atoms with E-state index in [1.807, 2.05) is 0 Å². The minimum Gasteiger partial charge on any atom is -0.345 e. The first-order valence-electron chi connectivity index (χ1n) is 4.00. The van der Waals surface area contributed by atoms with Crippen molar-refractivity contribution in [3.8, 4) is 0 Å². The second-order valence-corrected chi connectivity index (χ2v) is 3.16. The molecule has 2 nitrogen and oxygen atoms in total. The van der Waals surface area contributed by atoms with Crippen LogP contribution >= 0.6 is 0 Å². The van der Waals surface area contributed by atoms with E-state index in [1.54, 1.807) is 27.1 Å². The summed E-state index contributed by atoms with van der Waals surface area (Å²) in [5.74, 6) is -0.390. The zero-order valence-corrected chi connectivity index (χ0v) is 7.97. The normalized spacial score (nSPS) is 9.85. The molecule has 3 heteroatoms. The fourth-order valence-electron chi connectivity index (χ4n) is 1.04. The van der Waals surface area contributed by atoms with Crippen molar-refractivity contribution in [1.29, 1.82) is 0 Å². The fraction of sp³-hybridized carbons (Fsp3) is 0.300. The molecule has 0 aromatic heterocycles. The Balaban J connectivity index is 3.04. The van der Waals surface area contributed by atoms with E-state index < -0.39 is 0 Å². The van der Waals surface area contributed by atoms with E-state index in [4.69, 9.17) is 0 Å². The van der Waals surface area contributed by atoms with Crippen LogP contribution in [0.4, 0.5) is 4.39 Å². The molecule has 0 unspecified atom stereocenters. The number of hydrogen-bond donors (Lipinski definition) is 0. The van der Waals surface area contributed by atoms with Crippen molar-refractivity contribution in [3.05, 3.63) is 35.1 Å². The number of amides is 1. The molecule has 0 N–H and O–H groups in total. The molecule has 1 aromatic carbocycles. The lowest BCUT2D eigenvalue weighted by Crippen LogP contribution is -2.21. The first-order valence-corrected chi connectivity index (χ1v) is 4.00. The van der Waals surface area contributed by atoms with Crippen LogP contribution in [0, 0.1) is 12.7 Å². The lowest BCUT2D eigenvalue weighted by atomic mass is 10.1. The Morgan fingerprint density at radius 2 is 2.00 bits per heavy atom. The van der Waals surface area contributed by atoms with Gasteiger partial charge in [0.25, 0.3) is 5.91 Å². The molecule has 0 aliphatic carbocycles. The van der Waals surface area contributed by atoms with Crippen LogP contribution in [0.5, 0.6) is 0 Å². The molecule has 1 aromatic rings. The van der Waals surface area contributed by atoms with Gasteiger partial charge in [-0.25, -0.2) is 4.39 Å². The van der Waals surface area contributed by atoms with Gasteiger partial charge in [-0.15, -0.1) is 0 Å². The maximum Gasteiger partial charge on any atom is 0.253 e. The molecule has 0 saturated heterocycles. The summed E-state index contributed by atoms with van der Waals surface area (Å²) in [6.07, 6.45) is 0. The van der Waals surface area contributed by atoms with Crippen LogP contribution in [0.1, 0.15) is 15.9 Å². The van der Waals surface area contributed by atoms with Gasteiger partial charge in [0.05, 0.1) is 0 Å². The van der Waals surface area contributed by atoms with Crippen molar-refractivity contribution >= 4 is 5.91 Å². The maximum atomic E-state index is 12.8. The lowest BCUT2D eigenvalue weighted by Gasteiger charge is -2.10. The van der Waals surface area contributed by atoms with E-state index in [0.717, 1.165) is 0 Å². The quantitative estimate of drug-likeness (QED) is 0.647. The molecule has 70 valence electrons. The summed E-state index contributed by atoms with van der Waals surface area (Å²) in [6, 6.07) is 4.36. The van der Waals surface area contributed by atoms with E-state index in [0.29, 0.717) is 11.1 Å². The monoisotopic (exact) mass is 181 g/mol. The van der Waals surface area contributed by atoms with Gasteiger partial charge >= 0.3 is 0 Å². The largest absolute Gasteiger partial charge is 0.345 e. The Kier molecular flexibility index (Phi) is 2.66. The van der Waals surface area contributed by atoms with Crippen molar-refractivity contribution in [2.45, 2.75) is 6.92 Å². The van der Waals surface area contributed by atoms with E-state index >= 15 is 0 Å². The van der Waals surface area contributed by atoms with Crippen molar-refractivity contribution in [2.75, 3.05) is 14.1 Å². The molecule has 0 bridgehead atoms. The fourth-order valence-corrected chi connectivity index (χ4v) is 1.04. The second kappa shape index (κ2) is 3.56. The third kappa shape index (κ3) is 2.05. The van der Waals surface area contributed by atoms with Crippen LogP contribution in [0.3, 0.4) is 0 Å². The van der Waals surface area contributed by atoms with Crippen molar-refractivity contribution in [1.82, 2.24) is 4.90 Å². The van der Waals surface area contributed by atoms with E-state index in [-0.39, 0.29) is 11.7 Å². The summed E-state index contributed by atoms with van der Waals surface area (Å²) in [4.78, 5) is 12.9. The molecule has 0 radical (unpaired) electrons. The van der Waals surface area contributed by atoms with Crippen LogP contribution in [0.2, 0.25) is 0 Å². The molecule has 0 atom stereocenters. The third-order valence-electron chi connectivity index (χ3n) is 1.81. The highest BCUT2D eigenvalue weighted by atomic mass is 19.1. The van der Waals surface area contributed by atoms with Crippen LogP contribution in [-0.2, 0) is 0 Å². The minimum absolute atomic E-state index is 0.108. The van der Waals surface area contributed by atoms with E-state index in [9.17, 15) is 9.18 Å². The predicted molar refractivity (Wildman–Crippen MR) is 49.2 cm³/mol. The first-order chi connectivity index (χ1) is 6.02. The number of carbonyl (C=O) groups is 1. The highest BCUT2D eigenvalue weighted by molar-refractivity contribution is 5.94. The molecule has 1 amide bonds. The van der Waals surface area contributed by atoms with Crippen molar-refractivity contribution < 1.29 is 9.18 Å². The van der Waals surface area contributed by atoms with Gasteiger partial charge in [-0.2, -0.15) is 0 Å². The summed E-state index contributed by atoms with van der Waals surface area (Å²) in [5.41, 5.74) is 1.01. The number of halogens is 1. The molecule has 0 aliphatic rings. The van der Waals surface area contributed by atoms with Gasteiger partial charge in [0.2, 0.25) is 0 Å². The van der Waals surface area contributed by atoms with Gasteiger partial charge in [0.1, 0.15) is 5.82 Å². The summed E-state index contributed by atoms with van der Waals surface area (Å²) in [5, 5.41) is 0. The summed E-state index contributed by atoms with van der Waals surface area (Å²) >= 11 is 0. The number of hydrogen-bond acceptors (Lipinski definition) is 1. The number of aryl methyl sites for hydroxylation is 1. The van der Waals surface area contributed by atoms with Gasteiger partial charge in [-0.05, 0) is 30.7 Å². The highest BCUT2D eigenvalue weighted by Crippen LogP contribution is 2.10. The molecular weight excluding hydrogens is 169 g/mol. The second-order valence-electron chi connectivity index (χ2n) is 3.16. The Morgan fingerprint density at radius 1 is 1.38 bits per heavy atom. The molecular formula is C10H12FNO. The van der Waals surface area contributed by atoms with Gasteiger partial charge in [-0.3, -0.25) is 4.79 Å². The number of benzene rings is 1. The Hall–Kier alpha value is -1.38. The standard InChI is InChI=1S/C10H12FNO/c1-7-6-8(4-5-9(7)11)10(13)12(2)3/h4-6H,1-3H3. The topological polar surface area (TPSA) is 20.3 Å². The third-order valence-corrected chi connectivity index (χ3v) is 1.81. The number of carbonyl (C=O) groups excluding carboxylic acids is 1. The molecule has 1 rings (SSSR count). The van der Waals surface area contributed by atoms with Gasteiger partial charge < -0.3 is 4.90 Å². The molecule has 0 saturated carbocycles. The van der Waals surface area contributed by atoms with E-state index in [1.165, 1.54) is 17.0 Å². The maximum absolute atomic E-state index is 12.8. The summed E-state index contributed by atoms with van der Waals surface area (Å²) < 4.78 is 12.8. The predicted octanol–water partition coefficient (Wildman–Crippen LogP) is 1.84. The molecule has 0 heterocycles. The lowest BCUT2D eigenvalue weighted by molar-refractivity contribution is 0.0827. The Morgan fingerprint density at radius 3 is 2.46 bits per heavy atom. The number of nitrogens with zero attached hydrogens (tertiary/aromatic N) is 1. The average molecular weight is 181 g/mol. The van der Waals surface area contributed by atoms with Gasteiger partial charge in [-0.1, -0.05) is 0 Å². The van der Waals surface area contributed by atoms with Crippen LogP contribution in [0.15, 0.2) is 18.2 Å². The van der Waals surface area contributed by atoms with Crippen LogP contribution < -0.4 is 0 Å². The summed E-state index contributed by atoms with van der Waals surface area (Å²) in [7, 11) is 3.34. The highest BCUT2D eigenvalue weighted by Gasteiger charge is 2.08. The SMILES string of the molecule is Cc1cc(C(=O)N(C)C)ccc1F. The van der Waals surface area contributed by atoms with Crippen molar-refractivity contribution in [3.63, 3.8) is 0 Å². The first kappa shape index (κ1) is 9.71. The zero-order chi connectivity index (χ0) is 10.0. The average Bonchev–Trinajstić information content (AvgIpc) is 2.08. The molecule has 13 heavy (non-hydrogen) atoms. The summed E-state index contributed by atoms with van der Waals surface area (Å²) in [6.45, 7) is 1.64. The Labute approximate surface area is 77.0 Å².